The fourth-order valence-electron chi connectivity index (χ4n) is 4.34. The van der Waals surface area contributed by atoms with Crippen molar-refractivity contribution in [3.05, 3.63) is 83.2 Å². The van der Waals surface area contributed by atoms with Gasteiger partial charge in [-0.1, -0.05) is 30.3 Å². The van der Waals surface area contributed by atoms with Crippen LogP contribution in [-0.4, -0.2) is 47.2 Å². The third-order valence-corrected chi connectivity index (χ3v) is 6.04. The molecule has 0 saturated heterocycles. The standard InChI is InChI=1S/C26H23N3O4/c1-32-20-11-10-19(23(14-20)33-2)15-28-13-12-21-25(18-8-6-17(16-30)7-9-18)27-24-5-3-4-22(26(28)31)29(21)24/h3-11,14,16H,12-13,15H2,1-2H3. The summed E-state index contributed by atoms with van der Waals surface area (Å²) in [6, 6.07) is 18.6. The van der Waals surface area contributed by atoms with Crippen molar-refractivity contribution in [3.63, 3.8) is 0 Å². The molecule has 0 bridgehead atoms. The van der Waals surface area contributed by atoms with Crippen molar-refractivity contribution in [2.45, 2.75) is 13.0 Å². The highest BCUT2D eigenvalue weighted by molar-refractivity contribution is 5.94. The molecule has 1 amide bonds. The van der Waals surface area contributed by atoms with E-state index < -0.39 is 0 Å². The van der Waals surface area contributed by atoms with Gasteiger partial charge in [0.05, 0.1) is 25.6 Å². The number of amides is 1. The fraction of sp³-hybridized carbons (Fsp3) is 0.192. The van der Waals surface area contributed by atoms with Crippen LogP contribution in [0.2, 0.25) is 0 Å². The zero-order chi connectivity index (χ0) is 22.9. The van der Waals surface area contributed by atoms with Crippen LogP contribution in [0, 0.1) is 0 Å². The van der Waals surface area contributed by atoms with Gasteiger partial charge >= 0.3 is 0 Å². The van der Waals surface area contributed by atoms with E-state index in [9.17, 15) is 9.59 Å². The number of imidazole rings is 1. The van der Waals surface area contributed by atoms with Crippen molar-refractivity contribution < 1.29 is 19.1 Å². The third-order valence-electron chi connectivity index (χ3n) is 6.04. The van der Waals surface area contributed by atoms with Gasteiger partial charge in [-0.05, 0) is 24.3 Å². The summed E-state index contributed by atoms with van der Waals surface area (Å²) in [5.41, 5.74) is 5.57. The third kappa shape index (κ3) is 3.61. The molecule has 4 aromatic rings. The first-order chi connectivity index (χ1) is 16.1. The van der Waals surface area contributed by atoms with Gasteiger partial charge in [0.25, 0.3) is 5.91 Å². The monoisotopic (exact) mass is 441 g/mol. The molecule has 33 heavy (non-hydrogen) atoms. The molecule has 0 radical (unpaired) electrons. The normalized spacial score (nSPS) is 13.2. The number of aldehydes is 1. The average molecular weight is 441 g/mol. The largest absolute Gasteiger partial charge is 0.497 e. The lowest BCUT2D eigenvalue weighted by molar-refractivity contribution is 0.0744. The van der Waals surface area contributed by atoms with Gasteiger partial charge in [0.1, 0.15) is 29.1 Å². The van der Waals surface area contributed by atoms with Gasteiger partial charge in [0.2, 0.25) is 0 Å². The van der Waals surface area contributed by atoms with Crippen LogP contribution in [0.1, 0.15) is 32.1 Å². The zero-order valence-corrected chi connectivity index (χ0v) is 18.4. The van der Waals surface area contributed by atoms with Gasteiger partial charge in [-0.25, -0.2) is 4.98 Å². The Morgan fingerprint density at radius 2 is 1.85 bits per heavy atom. The summed E-state index contributed by atoms with van der Waals surface area (Å²) >= 11 is 0. The number of carbonyl (C=O) groups is 2. The van der Waals surface area contributed by atoms with Crippen molar-refractivity contribution in [2.24, 2.45) is 0 Å². The Labute approximate surface area is 191 Å². The Morgan fingerprint density at radius 1 is 1.03 bits per heavy atom. The average Bonchev–Trinajstić information content (AvgIpc) is 3.18. The molecule has 7 heteroatoms. The van der Waals surface area contributed by atoms with E-state index in [1.54, 1.807) is 26.4 Å². The first-order valence-corrected chi connectivity index (χ1v) is 10.7. The number of hydrogen-bond acceptors (Lipinski definition) is 5. The van der Waals surface area contributed by atoms with Crippen LogP contribution in [0.15, 0.2) is 60.7 Å². The minimum absolute atomic E-state index is 0.0579. The lowest BCUT2D eigenvalue weighted by atomic mass is 10.1. The summed E-state index contributed by atoms with van der Waals surface area (Å²) in [4.78, 5) is 31.2. The van der Waals surface area contributed by atoms with Crippen LogP contribution in [0.4, 0.5) is 0 Å². The quantitative estimate of drug-likeness (QED) is 0.423. The fourth-order valence-corrected chi connectivity index (χ4v) is 4.34. The molecule has 1 aliphatic rings. The predicted octanol–water partition coefficient (Wildman–Crippen LogP) is 4.03. The second kappa shape index (κ2) is 8.43. The summed E-state index contributed by atoms with van der Waals surface area (Å²) in [6.07, 6.45) is 1.47. The number of benzene rings is 2. The lowest BCUT2D eigenvalue weighted by Crippen LogP contribution is -2.31. The van der Waals surface area contributed by atoms with Crippen molar-refractivity contribution in [3.8, 4) is 22.8 Å². The van der Waals surface area contributed by atoms with Gasteiger partial charge in [-0.2, -0.15) is 0 Å². The second-order valence-corrected chi connectivity index (χ2v) is 7.91. The molecule has 0 N–H and O–H groups in total. The van der Waals surface area contributed by atoms with Crippen LogP contribution in [-0.2, 0) is 13.0 Å². The van der Waals surface area contributed by atoms with E-state index in [0.29, 0.717) is 42.3 Å². The maximum atomic E-state index is 13.6. The zero-order valence-electron chi connectivity index (χ0n) is 18.4. The molecule has 5 rings (SSSR count). The maximum absolute atomic E-state index is 13.6. The van der Waals surface area contributed by atoms with Gasteiger partial charge < -0.3 is 14.4 Å². The van der Waals surface area contributed by atoms with Crippen LogP contribution >= 0.6 is 0 Å². The highest BCUT2D eigenvalue weighted by atomic mass is 16.5. The van der Waals surface area contributed by atoms with Crippen molar-refractivity contribution >= 4 is 17.8 Å². The minimum Gasteiger partial charge on any atom is -0.497 e. The van der Waals surface area contributed by atoms with Crippen molar-refractivity contribution in [1.29, 1.82) is 0 Å². The lowest BCUT2D eigenvalue weighted by Gasteiger charge is -2.22. The van der Waals surface area contributed by atoms with Crippen LogP contribution in [0.3, 0.4) is 0 Å². The second-order valence-electron chi connectivity index (χ2n) is 7.91. The summed E-state index contributed by atoms with van der Waals surface area (Å²) in [6.45, 7) is 0.958. The number of nitrogens with zero attached hydrogens (tertiary/aromatic N) is 3. The molecule has 7 nitrogen and oxygen atoms in total. The molecule has 0 saturated carbocycles. The molecule has 3 heterocycles. The Hall–Kier alpha value is -4.13. The van der Waals surface area contributed by atoms with E-state index in [4.69, 9.17) is 14.5 Å². The van der Waals surface area contributed by atoms with Crippen LogP contribution in [0.5, 0.6) is 11.5 Å². The summed E-state index contributed by atoms with van der Waals surface area (Å²) in [5, 5.41) is 0. The molecule has 0 unspecified atom stereocenters. The number of rotatable bonds is 6. The van der Waals surface area contributed by atoms with Crippen molar-refractivity contribution in [2.75, 3.05) is 20.8 Å². The molecule has 0 atom stereocenters. The van der Waals surface area contributed by atoms with E-state index >= 15 is 0 Å². The molecule has 2 aromatic heterocycles. The Bertz CT molecular complexity index is 1360. The highest BCUT2D eigenvalue weighted by Crippen LogP contribution is 2.31. The number of ether oxygens (including phenoxy) is 2. The molecular weight excluding hydrogens is 418 g/mol. The number of aromatic nitrogens is 2. The van der Waals surface area contributed by atoms with E-state index in [0.717, 1.165) is 34.4 Å². The number of hydrogen-bond donors (Lipinski definition) is 0. The SMILES string of the molecule is COc1ccc(CN2CCc3c(-c4ccc(C=O)cc4)nc4cccc(n34)C2=O)c(OC)c1. The summed E-state index contributed by atoms with van der Waals surface area (Å²) < 4.78 is 12.8. The molecule has 0 fully saturated rings. The topological polar surface area (TPSA) is 73.1 Å². The van der Waals surface area contributed by atoms with E-state index in [1.807, 2.05) is 57.8 Å². The first kappa shape index (κ1) is 20.8. The maximum Gasteiger partial charge on any atom is 0.271 e. The van der Waals surface area contributed by atoms with Crippen LogP contribution in [0.25, 0.3) is 16.9 Å². The molecule has 2 aromatic carbocycles. The van der Waals surface area contributed by atoms with E-state index in [-0.39, 0.29) is 5.91 Å². The van der Waals surface area contributed by atoms with E-state index in [1.165, 1.54) is 0 Å². The number of methoxy groups -OCH3 is 2. The molecule has 0 spiro atoms. The molecular formula is C26H23N3O4. The molecule has 0 aliphatic carbocycles. The summed E-state index contributed by atoms with van der Waals surface area (Å²) in [5.74, 6) is 1.33. The molecule has 166 valence electrons. The Balaban J connectivity index is 1.54. The van der Waals surface area contributed by atoms with Gasteiger partial charge in [0.15, 0.2) is 0 Å². The minimum atomic E-state index is -0.0579. The molecule has 1 aliphatic heterocycles. The summed E-state index contributed by atoms with van der Waals surface area (Å²) in [7, 11) is 3.22. The van der Waals surface area contributed by atoms with Gasteiger partial charge in [-0.3, -0.25) is 14.0 Å². The van der Waals surface area contributed by atoms with Crippen LogP contribution < -0.4 is 9.47 Å². The van der Waals surface area contributed by atoms with E-state index in [2.05, 4.69) is 0 Å². The van der Waals surface area contributed by atoms with Gasteiger partial charge in [-0.15, -0.1) is 0 Å². The first-order valence-electron chi connectivity index (χ1n) is 10.7. The Kier molecular flexibility index (Phi) is 5.30. The van der Waals surface area contributed by atoms with Gasteiger partial charge in [0, 0.05) is 42.3 Å². The smallest absolute Gasteiger partial charge is 0.271 e. The highest BCUT2D eigenvalue weighted by Gasteiger charge is 2.27. The van der Waals surface area contributed by atoms with Crippen molar-refractivity contribution in [1.82, 2.24) is 14.3 Å². The number of pyridine rings is 1. The number of carbonyl (C=O) groups excluding carboxylic acids is 2. The Morgan fingerprint density at radius 3 is 2.58 bits per heavy atom. The predicted molar refractivity (Wildman–Crippen MR) is 124 cm³/mol.